The Hall–Kier alpha value is -1.57. The van der Waals surface area contributed by atoms with Gasteiger partial charge in [0.15, 0.2) is 0 Å². The first-order valence-corrected chi connectivity index (χ1v) is 2.30. The average Bonchev–Trinajstić information content (AvgIpc) is 1.91. The van der Waals surface area contributed by atoms with Crippen molar-refractivity contribution in [3.05, 3.63) is 11.9 Å². The molecule has 0 unspecified atom stereocenters. The average molecular weight is 121 g/mol. The van der Waals surface area contributed by atoms with Crippen molar-refractivity contribution in [1.82, 2.24) is 20.6 Å². The first kappa shape index (κ1) is 5.56. The van der Waals surface area contributed by atoms with E-state index < -0.39 is 0 Å². The first-order valence-electron chi connectivity index (χ1n) is 2.30. The summed E-state index contributed by atoms with van der Waals surface area (Å²) in [6.45, 7) is 0. The fourth-order valence-corrected chi connectivity index (χ4v) is 0.381. The third kappa shape index (κ3) is 1.42. The maximum absolute atomic E-state index is 8.15. The van der Waals surface area contributed by atoms with E-state index in [0.717, 1.165) is 0 Å². The molecular weight excluding hydrogens is 118 g/mol. The minimum Gasteiger partial charge on any atom is -0.198 e. The van der Waals surface area contributed by atoms with Crippen LogP contribution in [0, 0.1) is 11.3 Å². The second-order valence-corrected chi connectivity index (χ2v) is 1.35. The molecule has 0 saturated heterocycles. The number of nitriles is 1. The lowest BCUT2D eigenvalue weighted by Crippen LogP contribution is -1.95. The zero-order chi connectivity index (χ0) is 6.53. The molecule has 0 aliphatic carbocycles. The van der Waals surface area contributed by atoms with Crippen LogP contribution in [0.4, 0.5) is 0 Å². The van der Waals surface area contributed by atoms with Crippen molar-refractivity contribution in [1.29, 1.82) is 5.26 Å². The summed E-state index contributed by atoms with van der Waals surface area (Å²) in [7, 11) is 0. The summed E-state index contributed by atoms with van der Waals surface area (Å²) in [6, 6.07) is 1.91. The van der Waals surface area contributed by atoms with Gasteiger partial charge in [0.05, 0.1) is 24.4 Å². The van der Waals surface area contributed by atoms with E-state index in [2.05, 4.69) is 20.6 Å². The van der Waals surface area contributed by atoms with Crippen molar-refractivity contribution in [3.63, 3.8) is 0 Å². The molecule has 44 valence electrons. The lowest BCUT2D eigenvalue weighted by atomic mass is 10.4. The van der Waals surface area contributed by atoms with Crippen LogP contribution in [0.2, 0.25) is 0 Å². The van der Waals surface area contributed by atoms with Gasteiger partial charge in [-0.05, 0) is 10.4 Å². The molecule has 0 N–H and O–H groups in total. The maximum Gasteiger partial charge on any atom is 0.0991 e. The number of nitrogens with zero attached hydrogens (tertiary/aromatic N) is 5. The fourth-order valence-electron chi connectivity index (χ4n) is 0.381. The highest BCUT2D eigenvalue weighted by Crippen LogP contribution is 1.84. The first-order chi connectivity index (χ1) is 4.43. The second-order valence-electron chi connectivity index (χ2n) is 1.35. The quantitative estimate of drug-likeness (QED) is 0.492. The number of rotatable bonds is 1. The van der Waals surface area contributed by atoms with E-state index in [-0.39, 0.29) is 6.42 Å². The molecule has 5 nitrogen and oxygen atoms in total. The Labute approximate surface area is 51.3 Å². The second kappa shape index (κ2) is 2.67. The van der Waals surface area contributed by atoms with Crippen LogP contribution in [0.3, 0.4) is 0 Å². The Morgan fingerprint density at radius 1 is 1.56 bits per heavy atom. The maximum atomic E-state index is 8.15. The van der Waals surface area contributed by atoms with Gasteiger partial charge in [0.25, 0.3) is 0 Å². The highest BCUT2D eigenvalue weighted by molar-refractivity contribution is 4.97. The summed E-state index contributed by atoms with van der Waals surface area (Å²) in [5.41, 5.74) is 0.549. The van der Waals surface area contributed by atoms with Crippen molar-refractivity contribution in [2.45, 2.75) is 6.42 Å². The number of aromatic nitrogens is 4. The topological polar surface area (TPSA) is 75.3 Å². The molecule has 1 aromatic heterocycles. The van der Waals surface area contributed by atoms with Gasteiger partial charge < -0.3 is 0 Å². The summed E-state index contributed by atoms with van der Waals surface area (Å²) in [6.07, 6.45) is 1.65. The summed E-state index contributed by atoms with van der Waals surface area (Å²) in [4.78, 5) is 0. The molecule has 1 rings (SSSR count). The summed E-state index contributed by atoms with van der Waals surface area (Å²) < 4.78 is 0. The van der Waals surface area contributed by atoms with Crippen molar-refractivity contribution in [2.75, 3.05) is 0 Å². The minimum atomic E-state index is 0.239. The third-order valence-corrected chi connectivity index (χ3v) is 0.732. The van der Waals surface area contributed by atoms with Crippen LogP contribution in [0.5, 0.6) is 0 Å². The van der Waals surface area contributed by atoms with Gasteiger partial charge in [0.2, 0.25) is 0 Å². The van der Waals surface area contributed by atoms with Gasteiger partial charge in [-0.3, -0.25) is 0 Å². The van der Waals surface area contributed by atoms with Crippen molar-refractivity contribution >= 4 is 0 Å². The Bertz CT molecular complexity index is 212. The van der Waals surface area contributed by atoms with Crippen LogP contribution in [-0.4, -0.2) is 20.6 Å². The molecule has 0 spiro atoms. The zero-order valence-corrected chi connectivity index (χ0v) is 4.52. The van der Waals surface area contributed by atoms with E-state index in [1.165, 1.54) is 6.20 Å². The van der Waals surface area contributed by atoms with Gasteiger partial charge in [-0.25, -0.2) is 0 Å². The van der Waals surface area contributed by atoms with Crippen LogP contribution in [0.15, 0.2) is 6.20 Å². The van der Waals surface area contributed by atoms with Gasteiger partial charge in [0.1, 0.15) is 0 Å². The van der Waals surface area contributed by atoms with Crippen molar-refractivity contribution in [2.24, 2.45) is 0 Å². The largest absolute Gasteiger partial charge is 0.198 e. The molecule has 0 fully saturated rings. The molecule has 0 saturated carbocycles. The Morgan fingerprint density at radius 3 is 3.00 bits per heavy atom. The van der Waals surface area contributed by atoms with E-state index in [1.807, 2.05) is 6.07 Å². The molecule has 1 aromatic rings. The van der Waals surface area contributed by atoms with E-state index in [0.29, 0.717) is 5.69 Å². The van der Waals surface area contributed by atoms with Gasteiger partial charge >= 0.3 is 0 Å². The van der Waals surface area contributed by atoms with Crippen LogP contribution in [-0.2, 0) is 6.42 Å². The molecule has 0 radical (unpaired) electrons. The molecule has 9 heavy (non-hydrogen) atoms. The van der Waals surface area contributed by atoms with E-state index in [1.54, 1.807) is 0 Å². The van der Waals surface area contributed by atoms with Crippen molar-refractivity contribution in [3.8, 4) is 6.07 Å². The number of hydrogen-bond acceptors (Lipinski definition) is 5. The number of hydrogen-bond donors (Lipinski definition) is 0. The Morgan fingerprint density at radius 2 is 2.44 bits per heavy atom. The summed E-state index contributed by atoms with van der Waals surface area (Å²) >= 11 is 0. The highest BCUT2D eigenvalue weighted by atomic mass is 15.4. The smallest absolute Gasteiger partial charge is 0.0991 e. The van der Waals surface area contributed by atoms with Gasteiger partial charge in [-0.15, -0.1) is 10.2 Å². The SMILES string of the molecule is N#CCc1cnnnn1. The molecule has 0 aromatic carbocycles. The molecule has 5 heteroatoms. The minimum absolute atomic E-state index is 0.239. The van der Waals surface area contributed by atoms with Gasteiger partial charge in [0, 0.05) is 0 Å². The fraction of sp³-hybridized carbons (Fsp3) is 0.250. The molecule has 0 aliphatic heterocycles. The highest BCUT2D eigenvalue weighted by Gasteiger charge is 1.89. The summed E-state index contributed by atoms with van der Waals surface area (Å²) in [5.74, 6) is 0. The lowest BCUT2D eigenvalue weighted by molar-refractivity contribution is 0.734. The standard InChI is InChI=1S/C4H3N5/c5-2-1-4-3-6-8-9-7-4/h3H,1H2. The molecule has 1 heterocycles. The summed E-state index contributed by atoms with van der Waals surface area (Å²) in [5, 5.41) is 21.6. The molecule has 0 amide bonds. The predicted molar refractivity (Wildman–Crippen MR) is 26.9 cm³/mol. The molecular formula is C4H3N5. The van der Waals surface area contributed by atoms with Gasteiger partial charge in [-0.2, -0.15) is 5.26 Å². The van der Waals surface area contributed by atoms with Crippen LogP contribution in [0.1, 0.15) is 5.69 Å². The van der Waals surface area contributed by atoms with E-state index in [4.69, 9.17) is 5.26 Å². The molecule has 0 aliphatic rings. The van der Waals surface area contributed by atoms with Crippen LogP contribution < -0.4 is 0 Å². The Balaban J connectivity index is 2.76. The lowest BCUT2D eigenvalue weighted by Gasteiger charge is -1.83. The third-order valence-electron chi connectivity index (χ3n) is 0.732. The van der Waals surface area contributed by atoms with Gasteiger partial charge in [-0.1, -0.05) is 0 Å². The zero-order valence-electron chi connectivity index (χ0n) is 4.52. The molecule has 0 bridgehead atoms. The predicted octanol–water partition coefficient (Wildman–Crippen LogP) is -0.667. The van der Waals surface area contributed by atoms with Crippen molar-refractivity contribution < 1.29 is 0 Å². The monoisotopic (exact) mass is 121 g/mol. The van der Waals surface area contributed by atoms with E-state index in [9.17, 15) is 0 Å². The Kier molecular flexibility index (Phi) is 1.65. The normalized spacial score (nSPS) is 8.33. The van der Waals surface area contributed by atoms with Crippen LogP contribution in [0.25, 0.3) is 0 Å². The van der Waals surface area contributed by atoms with E-state index >= 15 is 0 Å². The molecule has 0 atom stereocenters. The van der Waals surface area contributed by atoms with Crippen LogP contribution >= 0.6 is 0 Å².